The number of thiazole rings is 1. The maximum atomic E-state index is 12.4. The lowest BCUT2D eigenvalue weighted by atomic mass is 10.3. The van der Waals surface area contributed by atoms with Crippen molar-refractivity contribution in [2.75, 3.05) is 31.1 Å². The molecule has 0 radical (unpaired) electrons. The molecule has 4 heterocycles. The van der Waals surface area contributed by atoms with Gasteiger partial charge in [0.25, 0.3) is 5.91 Å². The van der Waals surface area contributed by atoms with Gasteiger partial charge in [-0.3, -0.25) is 4.79 Å². The molecular weight excluding hydrogens is 330 g/mol. The lowest BCUT2D eigenvalue weighted by Crippen LogP contribution is -2.48. The molecule has 1 aliphatic heterocycles. The van der Waals surface area contributed by atoms with Crippen LogP contribution in [0.2, 0.25) is 0 Å². The average molecular weight is 347 g/mol. The minimum Gasteiger partial charge on any atom is -0.344 e. The predicted octanol–water partition coefficient (Wildman–Crippen LogP) is 2.36. The molecule has 3 aromatic heterocycles. The second-order valence-corrected chi connectivity index (χ2v) is 7.54. The third-order valence-electron chi connectivity index (χ3n) is 4.10. The van der Waals surface area contributed by atoms with Crippen LogP contribution in [0.5, 0.6) is 0 Å². The number of amides is 1. The van der Waals surface area contributed by atoms with Gasteiger partial charge in [-0.05, 0) is 18.4 Å². The van der Waals surface area contributed by atoms with Crippen LogP contribution in [0.25, 0.3) is 10.3 Å². The Hall–Kier alpha value is -1.93. The Labute approximate surface area is 142 Å². The number of hydrogen-bond donors (Lipinski definition) is 0. The van der Waals surface area contributed by atoms with Crippen LogP contribution in [0.3, 0.4) is 0 Å². The number of piperazine rings is 1. The number of anilines is 1. The highest BCUT2D eigenvalue weighted by molar-refractivity contribution is 7.22. The van der Waals surface area contributed by atoms with Gasteiger partial charge in [0.05, 0.1) is 15.3 Å². The van der Waals surface area contributed by atoms with Gasteiger partial charge in [0.15, 0.2) is 10.8 Å². The van der Waals surface area contributed by atoms with Crippen molar-refractivity contribution >= 4 is 44.1 Å². The lowest BCUT2D eigenvalue weighted by Gasteiger charge is -2.34. The van der Waals surface area contributed by atoms with E-state index in [4.69, 9.17) is 4.98 Å². The zero-order chi connectivity index (χ0) is 16.0. The maximum absolute atomic E-state index is 12.4. The number of carbonyl (C=O) groups is 1. The Morgan fingerprint density at radius 3 is 2.70 bits per heavy atom. The molecule has 0 aromatic carbocycles. The van der Waals surface area contributed by atoms with Crippen LogP contribution < -0.4 is 4.90 Å². The number of hydrogen-bond acceptors (Lipinski definition) is 6. The fourth-order valence-corrected chi connectivity index (χ4v) is 4.64. The van der Waals surface area contributed by atoms with Crippen molar-refractivity contribution in [3.63, 3.8) is 0 Å². The third kappa shape index (κ3) is 2.51. The summed E-state index contributed by atoms with van der Waals surface area (Å²) >= 11 is 3.19. The second-order valence-electron chi connectivity index (χ2n) is 5.61. The molecule has 0 unspecified atom stereocenters. The number of carbonyl (C=O) groups excluding carboxylic acids is 1. The lowest BCUT2D eigenvalue weighted by molar-refractivity contribution is 0.0751. The van der Waals surface area contributed by atoms with Crippen molar-refractivity contribution < 1.29 is 4.79 Å². The fourth-order valence-electron chi connectivity index (χ4n) is 2.87. The monoisotopic (exact) mass is 347 g/mol. The number of nitrogens with zero attached hydrogens (tertiary/aromatic N) is 5. The first-order valence-corrected chi connectivity index (χ1v) is 9.21. The average Bonchev–Trinajstić information content (AvgIpc) is 3.27. The minimum atomic E-state index is 0.143. The molecule has 23 heavy (non-hydrogen) atoms. The summed E-state index contributed by atoms with van der Waals surface area (Å²) in [6, 6.07) is 3.81. The summed E-state index contributed by atoms with van der Waals surface area (Å²) in [5.74, 6) is 0.143. The second kappa shape index (κ2) is 5.61. The first-order chi connectivity index (χ1) is 11.1. The molecule has 0 N–H and O–H groups in total. The Kier molecular flexibility index (Phi) is 3.57. The number of aromatic nitrogens is 3. The predicted molar refractivity (Wildman–Crippen MR) is 93.6 cm³/mol. The topological polar surface area (TPSA) is 54.3 Å². The molecule has 1 aliphatic rings. The number of aryl methyl sites for hydroxylation is 2. The molecule has 0 saturated carbocycles. The molecule has 6 nitrogen and oxygen atoms in total. The fraction of sp³-hybridized carbons (Fsp3) is 0.400. The molecule has 120 valence electrons. The maximum Gasteiger partial charge on any atom is 0.264 e. The van der Waals surface area contributed by atoms with Gasteiger partial charge < -0.3 is 9.80 Å². The van der Waals surface area contributed by atoms with Crippen LogP contribution in [0, 0.1) is 6.92 Å². The molecule has 4 rings (SSSR count). The first kappa shape index (κ1) is 14.6. The van der Waals surface area contributed by atoms with E-state index in [0.29, 0.717) is 0 Å². The number of rotatable bonds is 2. The zero-order valence-electron chi connectivity index (χ0n) is 13.0. The summed E-state index contributed by atoms with van der Waals surface area (Å²) in [6.07, 6.45) is 0. The SMILES string of the molecule is Cc1nn(C)c2nc(N3CCN(C(=O)c4cccs4)CC3)sc12. The molecular formula is C15H17N5OS2. The highest BCUT2D eigenvalue weighted by Gasteiger charge is 2.25. The van der Waals surface area contributed by atoms with Gasteiger partial charge in [-0.25, -0.2) is 9.67 Å². The standard InChI is InChI=1S/C15H17N5OS2/c1-10-12-13(18(2)17-10)16-15(23-12)20-7-5-19(6-8-20)14(21)11-4-3-9-22-11/h3-4,9H,5-8H2,1-2H3. The van der Waals surface area contributed by atoms with Gasteiger partial charge in [-0.15, -0.1) is 11.3 Å². The van der Waals surface area contributed by atoms with Gasteiger partial charge in [0, 0.05) is 33.2 Å². The van der Waals surface area contributed by atoms with E-state index in [0.717, 1.165) is 52.2 Å². The molecule has 0 spiro atoms. The molecule has 0 aliphatic carbocycles. The van der Waals surface area contributed by atoms with Gasteiger partial charge in [0.1, 0.15) is 0 Å². The van der Waals surface area contributed by atoms with Crippen molar-refractivity contribution in [1.82, 2.24) is 19.7 Å². The molecule has 1 fully saturated rings. The van der Waals surface area contributed by atoms with Crippen LogP contribution in [0.15, 0.2) is 17.5 Å². The summed E-state index contributed by atoms with van der Waals surface area (Å²) in [5.41, 5.74) is 1.97. The van der Waals surface area contributed by atoms with Crippen molar-refractivity contribution in [3.8, 4) is 0 Å². The summed E-state index contributed by atoms with van der Waals surface area (Å²) in [6.45, 7) is 5.14. The van der Waals surface area contributed by atoms with E-state index in [9.17, 15) is 4.79 Å². The molecule has 0 atom stereocenters. The molecule has 8 heteroatoms. The Balaban J connectivity index is 1.48. The molecule has 1 amide bonds. The van der Waals surface area contributed by atoms with E-state index in [2.05, 4.69) is 10.00 Å². The van der Waals surface area contributed by atoms with Gasteiger partial charge in [0.2, 0.25) is 0 Å². The van der Waals surface area contributed by atoms with Gasteiger partial charge in [-0.2, -0.15) is 5.10 Å². The smallest absolute Gasteiger partial charge is 0.264 e. The van der Waals surface area contributed by atoms with E-state index in [-0.39, 0.29) is 5.91 Å². The highest BCUT2D eigenvalue weighted by atomic mass is 32.1. The van der Waals surface area contributed by atoms with Crippen LogP contribution >= 0.6 is 22.7 Å². The third-order valence-corrected chi connectivity index (χ3v) is 6.17. The van der Waals surface area contributed by atoms with E-state index in [1.54, 1.807) is 11.3 Å². The minimum absolute atomic E-state index is 0.143. The zero-order valence-corrected chi connectivity index (χ0v) is 14.7. The van der Waals surface area contributed by atoms with E-state index >= 15 is 0 Å². The first-order valence-electron chi connectivity index (χ1n) is 7.51. The normalized spacial score (nSPS) is 15.6. The van der Waals surface area contributed by atoms with Crippen LogP contribution in [-0.2, 0) is 7.05 Å². The molecule has 0 bridgehead atoms. The quantitative estimate of drug-likeness (QED) is 0.714. The van der Waals surface area contributed by atoms with Crippen molar-refractivity contribution in [1.29, 1.82) is 0 Å². The molecule has 3 aromatic rings. The van der Waals surface area contributed by atoms with Crippen molar-refractivity contribution in [2.45, 2.75) is 6.92 Å². The Bertz CT molecular complexity index is 808. The summed E-state index contributed by atoms with van der Waals surface area (Å²) in [5, 5.41) is 7.37. The van der Waals surface area contributed by atoms with Crippen molar-refractivity contribution in [2.24, 2.45) is 7.05 Å². The number of thiophene rings is 1. The van der Waals surface area contributed by atoms with E-state index < -0.39 is 0 Å². The van der Waals surface area contributed by atoms with Gasteiger partial charge >= 0.3 is 0 Å². The van der Waals surface area contributed by atoms with Crippen molar-refractivity contribution in [3.05, 3.63) is 28.1 Å². The van der Waals surface area contributed by atoms with E-state index in [1.807, 2.05) is 41.1 Å². The summed E-state index contributed by atoms with van der Waals surface area (Å²) < 4.78 is 2.99. The Morgan fingerprint density at radius 2 is 2.04 bits per heavy atom. The Morgan fingerprint density at radius 1 is 1.26 bits per heavy atom. The largest absolute Gasteiger partial charge is 0.344 e. The molecule has 1 saturated heterocycles. The summed E-state index contributed by atoms with van der Waals surface area (Å²) in [4.78, 5) is 22.1. The highest BCUT2D eigenvalue weighted by Crippen LogP contribution is 2.31. The van der Waals surface area contributed by atoms with E-state index in [1.165, 1.54) is 11.3 Å². The van der Waals surface area contributed by atoms with Crippen LogP contribution in [-0.4, -0.2) is 51.8 Å². The van der Waals surface area contributed by atoms with Gasteiger partial charge in [-0.1, -0.05) is 17.4 Å². The number of fused-ring (bicyclic) bond motifs is 1. The van der Waals surface area contributed by atoms with Crippen LogP contribution in [0.1, 0.15) is 15.4 Å². The van der Waals surface area contributed by atoms with Crippen LogP contribution in [0.4, 0.5) is 5.13 Å². The summed E-state index contributed by atoms with van der Waals surface area (Å²) in [7, 11) is 1.93.